The van der Waals surface area contributed by atoms with Crippen molar-refractivity contribution in [2.45, 2.75) is 13.5 Å². The number of ether oxygens (including phenoxy) is 2. The average molecular weight is 406 g/mol. The fourth-order valence-corrected chi connectivity index (χ4v) is 3.69. The number of carbonyl (C=O) groups is 1. The van der Waals surface area contributed by atoms with Crippen molar-refractivity contribution in [3.05, 3.63) is 63.5 Å². The van der Waals surface area contributed by atoms with Crippen molar-refractivity contribution in [2.75, 3.05) is 6.61 Å². The molecule has 0 radical (unpaired) electrons. The first kappa shape index (κ1) is 18.8. The predicted molar refractivity (Wildman–Crippen MR) is 110 cm³/mol. The summed E-state index contributed by atoms with van der Waals surface area (Å²) in [5.41, 5.74) is 1.78. The van der Waals surface area contributed by atoms with E-state index >= 15 is 0 Å². The third-order valence-electron chi connectivity index (χ3n) is 3.50. The number of thioether (sulfide) groups is 1. The highest BCUT2D eigenvalue weighted by Gasteiger charge is 2.22. The first-order chi connectivity index (χ1) is 12.6. The van der Waals surface area contributed by atoms with Gasteiger partial charge in [-0.05, 0) is 36.3 Å². The minimum Gasteiger partial charge on any atom is -0.490 e. The van der Waals surface area contributed by atoms with Crippen molar-refractivity contribution >= 4 is 51.9 Å². The molecule has 1 saturated heterocycles. The van der Waals surface area contributed by atoms with Crippen LogP contribution in [0.25, 0.3) is 6.08 Å². The fraction of sp³-hybridized carbons (Fsp3) is 0.158. The lowest BCUT2D eigenvalue weighted by Crippen LogP contribution is -2.17. The van der Waals surface area contributed by atoms with Crippen LogP contribution in [-0.2, 0) is 11.4 Å². The maximum absolute atomic E-state index is 11.8. The maximum atomic E-state index is 11.8. The molecule has 0 bridgehead atoms. The molecular weight excluding hydrogens is 390 g/mol. The Morgan fingerprint density at radius 1 is 1.23 bits per heavy atom. The molecule has 0 saturated carbocycles. The van der Waals surface area contributed by atoms with Crippen LogP contribution in [0.1, 0.15) is 18.1 Å². The molecule has 0 aromatic heterocycles. The molecule has 0 spiro atoms. The zero-order chi connectivity index (χ0) is 18.5. The molecule has 0 unspecified atom stereocenters. The van der Waals surface area contributed by atoms with Gasteiger partial charge >= 0.3 is 0 Å². The highest BCUT2D eigenvalue weighted by atomic mass is 35.5. The Morgan fingerprint density at radius 2 is 2.00 bits per heavy atom. The lowest BCUT2D eigenvalue weighted by molar-refractivity contribution is -0.115. The van der Waals surface area contributed by atoms with Crippen molar-refractivity contribution in [3.8, 4) is 11.5 Å². The summed E-state index contributed by atoms with van der Waals surface area (Å²) in [6, 6.07) is 13.4. The van der Waals surface area contributed by atoms with Gasteiger partial charge in [-0.1, -0.05) is 65.9 Å². The van der Waals surface area contributed by atoms with Gasteiger partial charge in [-0.2, -0.15) is 0 Å². The highest BCUT2D eigenvalue weighted by Crippen LogP contribution is 2.38. The van der Waals surface area contributed by atoms with E-state index in [0.717, 1.165) is 11.1 Å². The van der Waals surface area contributed by atoms with E-state index in [-0.39, 0.29) is 5.91 Å². The van der Waals surface area contributed by atoms with Gasteiger partial charge in [0.2, 0.25) is 0 Å². The Labute approximate surface area is 166 Å². The lowest BCUT2D eigenvalue weighted by Gasteiger charge is -2.14. The van der Waals surface area contributed by atoms with Gasteiger partial charge in [-0.25, -0.2) is 0 Å². The molecule has 1 N–H and O–H groups in total. The summed E-state index contributed by atoms with van der Waals surface area (Å²) in [7, 11) is 0. The monoisotopic (exact) mass is 405 g/mol. The van der Waals surface area contributed by atoms with Crippen LogP contribution in [0.15, 0.2) is 47.4 Å². The summed E-state index contributed by atoms with van der Waals surface area (Å²) >= 11 is 12.6. The fourth-order valence-electron chi connectivity index (χ4n) is 2.38. The normalized spacial score (nSPS) is 15.2. The molecule has 0 atom stereocenters. The van der Waals surface area contributed by atoms with Crippen molar-refractivity contribution in [1.29, 1.82) is 0 Å². The summed E-state index contributed by atoms with van der Waals surface area (Å²) in [5.74, 6) is 0.811. The summed E-state index contributed by atoms with van der Waals surface area (Å²) in [6.07, 6.45) is 1.73. The number of halogens is 1. The number of thiocarbonyl (C=S) groups is 1. The van der Waals surface area contributed by atoms with Gasteiger partial charge in [-0.15, -0.1) is 0 Å². The molecule has 134 valence electrons. The number of carbonyl (C=O) groups excluding carboxylic acids is 1. The Morgan fingerprint density at radius 3 is 2.65 bits per heavy atom. The number of hydrogen-bond donors (Lipinski definition) is 1. The second-order valence-corrected chi connectivity index (χ2v) is 7.52. The Hall–Kier alpha value is -2.02. The first-order valence-corrected chi connectivity index (χ1v) is 9.55. The molecule has 1 aliphatic rings. The van der Waals surface area contributed by atoms with Crippen LogP contribution in [0.2, 0.25) is 5.02 Å². The summed E-state index contributed by atoms with van der Waals surface area (Å²) in [4.78, 5) is 12.4. The van der Waals surface area contributed by atoms with Crippen LogP contribution < -0.4 is 14.8 Å². The van der Waals surface area contributed by atoms with Crippen molar-refractivity contribution in [2.24, 2.45) is 0 Å². The minimum absolute atomic E-state index is 0.210. The van der Waals surface area contributed by atoms with Crippen LogP contribution in [0.5, 0.6) is 11.5 Å². The van der Waals surface area contributed by atoms with E-state index in [1.165, 1.54) is 11.8 Å². The second kappa shape index (κ2) is 8.58. The van der Waals surface area contributed by atoms with Gasteiger partial charge in [0, 0.05) is 0 Å². The lowest BCUT2D eigenvalue weighted by atomic mass is 10.1. The molecule has 1 fully saturated rings. The number of amides is 1. The van der Waals surface area contributed by atoms with E-state index in [0.29, 0.717) is 39.0 Å². The predicted octanol–water partition coefficient (Wildman–Crippen LogP) is 4.81. The van der Waals surface area contributed by atoms with Crippen LogP contribution in [-0.4, -0.2) is 16.8 Å². The molecule has 4 nitrogen and oxygen atoms in total. The summed E-state index contributed by atoms with van der Waals surface area (Å²) < 4.78 is 12.0. The quantitative estimate of drug-likeness (QED) is 0.552. The van der Waals surface area contributed by atoms with Gasteiger partial charge in [0.1, 0.15) is 10.9 Å². The van der Waals surface area contributed by atoms with Gasteiger partial charge in [0.25, 0.3) is 5.91 Å². The first-order valence-electron chi connectivity index (χ1n) is 7.94. The average Bonchev–Trinajstić information content (AvgIpc) is 2.92. The third kappa shape index (κ3) is 4.58. The molecule has 2 aromatic carbocycles. The second-order valence-electron chi connectivity index (χ2n) is 5.39. The summed E-state index contributed by atoms with van der Waals surface area (Å²) in [5, 5.41) is 3.01. The van der Waals surface area contributed by atoms with Crippen molar-refractivity contribution in [3.63, 3.8) is 0 Å². The van der Waals surface area contributed by atoms with E-state index in [1.54, 1.807) is 18.2 Å². The number of nitrogens with one attached hydrogen (secondary N) is 1. The Kier molecular flexibility index (Phi) is 6.19. The van der Waals surface area contributed by atoms with Gasteiger partial charge < -0.3 is 14.8 Å². The molecule has 1 aliphatic heterocycles. The van der Waals surface area contributed by atoms with E-state index in [9.17, 15) is 4.79 Å². The largest absolute Gasteiger partial charge is 0.490 e. The molecule has 1 heterocycles. The minimum atomic E-state index is -0.210. The number of rotatable bonds is 6. The number of benzene rings is 2. The molecular formula is C19H16ClNO3S2. The van der Waals surface area contributed by atoms with Crippen molar-refractivity contribution < 1.29 is 14.3 Å². The Bertz CT molecular complexity index is 869. The van der Waals surface area contributed by atoms with Crippen LogP contribution in [0.4, 0.5) is 0 Å². The molecule has 7 heteroatoms. The molecule has 26 heavy (non-hydrogen) atoms. The van der Waals surface area contributed by atoms with Gasteiger partial charge in [-0.3, -0.25) is 4.79 Å². The zero-order valence-corrected chi connectivity index (χ0v) is 16.3. The highest BCUT2D eigenvalue weighted by molar-refractivity contribution is 8.26. The van der Waals surface area contributed by atoms with Crippen LogP contribution in [0.3, 0.4) is 0 Å². The van der Waals surface area contributed by atoms with Gasteiger partial charge in [0.15, 0.2) is 11.5 Å². The van der Waals surface area contributed by atoms with E-state index in [1.807, 2.05) is 37.3 Å². The molecule has 0 aliphatic carbocycles. The van der Waals surface area contributed by atoms with Crippen molar-refractivity contribution in [1.82, 2.24) is 5.32 Å². The third-order valence-corrected chi connectivity index (χ3v) is 4.94. The summed E-state index contributed by atoms with van der Waals surface area (Å²) in [6.45, 7) is 2.74. The Balaban J connectivity index is 1.87. The topological polar surface area (TPSA) is 47.6 Å². The standard InChI is InChI=1S/C19H16ClNO3S2/c1-2-23-15-9-13(10-16-18(22)21-19(25)26-16)8-14(20)17(15)24-11-12-6-4-3-5-7-12/h3-10H,2,11H2,1H3,(H,21,22,25). The van der Waals surface area contributed by atoms with Gasteiger partial charge in [0.05, 0.1) is 16.5 Å². The zero-order valence-electron chi connectivity index (χ0n) is 14.0. The smallest absolute Gasteiger partial charge is 0.263 e. The van der Waals surface area contributed by atoms with E-state index < -0.39 is 0 Å². The maximum Gasteiger partial charge on any atom is 0.263 e. The molecule has 3 rings (SSSR count). The van der Waals surface area contributed by atoms with E-state index in [4.69, 9.17) is 33.3 Å². The van der Waals surface area contributed by atoms with Crippen LogP contribution in [0, 0.1) is 0 Å². The SMILES string of the molecule is CCOc1cc(C=C2SC(=S)NC2=O)cc(Cl)c1OCc1ccccc1. The van der Waals surface area contributed by atoms with Crippen LogP contribution >= 0.6 is 35.6 Å². The molecule has 1 amide bonds. The van der Waals surface area contributed by atoms with E-state index in [2.05, 4.69) is 5.32 Å². The number of hydrogen-bond acceptors (Lipinski definition) is 5. The molecule has 2 aromatic rings.